The smallest absolute Gasteiger partial charge is 0.258 e. The van der Waals surface area contributed by atoms with Gasteiger partial charge in [0.05, 0.1) is 5.56 Å². The first-order valence-electron chi connectivity index (χ1n) is 7.33. The number of hydrogen-bond acceptors (Lipinski definition) is 4. The van der Waals surface area contributed by atoms with Crippen LogP contribution in [-0.4, -0.2) is 15.9 Å². The molecule has 3 aromatic rings. The van der Waals surface area contributed by atoms with Crippen LogP contribution in [0.3, 0.4) is 0 Å². The van der Waals surface area contributed by atoms with E-state index in [4.69, 9.17) is 0 Å². The molecule has 5 nitrogen and oxygen atoms in total. The number of rotatable bonds is 4. The van der Waals surface area contributed by atoms with E-state index in [1.807, 2.05) is 31.2 Å². The summed E-state index contributed by atoms with van der Waals surface area (Å²) in [5.74, 6) is -0.314. The molecular weight excluding hydrogens is 307 g/mol. The number of benzene rings is 2. The standard InChI is InChI=1S/C18H15FN4O/c1-12-3-2-4-16(9-12)23-18-20-10-13(11-21-18)17(24)22-15-7-5-14(19)6-8-15/h2-11H,1H3,(H,22,24)(H,20,21,23). The number of aromatic nitrogens is 2. The molecule has 1 heterocycles. The molecule has 0 atom stereocenters. The van der Waals surface area contributed by atoms with Gasteiger partial charge in [-0.25, -0.2) is 14.4 Å². The van der Waals surface area contributed by atoms with Crippen molar-refractivity contribution in [3.63, 3.8) is 0 Å². The van der Waals surface area contributed by atoms with Crippen LogP contribution < -0.4 is 10.6 Å². The highest BCUT2D eigenvalue weighted by Crippen LogP contribution is 2.15. The summed E-state index contributed by atoms with van der Waals surface area (Å²) >= 11 is 0. The van der Waals surface area contributed by atoms with Crippen LogP contribution in [0.25, 0.3) is 0 Å². The second-order valence-electron chi connectivity index (χ2n) is 5.25. The van der Waals surface area contributed by atoms with Gasteiger partial charge in [0.1, 0.15) is 5.82 Å². The molecule has 1 aromatic heterocycles. The lowest BCUT2D eigenvalue weighted by molar-refractivity contribution is 0.102. The maximum Gasteiger partial charge on any atom is 0.258 e. The summed E-state index contributed by atoms with van der Waals surface area (Å²) in [4.78, 5) is 20.4. The molecule has 0 saturated carbocycles. The van der Waals surface area contributed by atoms with Crippen molar-refractivity contribution in [2.24, 2.45) is 0 Å². The van der Waals surface area contributed by atoms with E-state index in [0.29, 0.717) is 17.2 Å². The first-order chi connectivity index (χ1) is 11.6. The van der Waals surface area contributed by atoms with Crippen LogP contribution in [0.1, 0.15) is 15.9 Å². The Morgan fingerprint density at radius 2 is 1.71 bits per heavy atom. The molecule has 0 aliphatic heterocycles. The summed E-state index contributed by atoms with van der Waals surface area (Å²) in [7, 11) is 0. The number of hydrogen-bond donors (Lipinski definition) is 2. The zero-order valence-corrected chi connectivity index (χ0v) is 13.0. The maximum atomic E-state index is 12.9. The van der Waals surface area contributed by atoms with E-state index in [0.717, 1.165) is 11.3 Å². The molecule has 120 valence electrons. The molecule has 0 radical (unpaired) electrons. The number of amides is 1. The lowest BCUT2D eigenvalue weighted by Crippen LogP contribution is -2.13. The van der Waals surface area contributed by atoms with Crippen molar-refractivity contribution in [3.05, 3.63) is 77.9 Å². The van der Waals surface area contributed by atoms with Crippen LogP contribution in [0.2, 0.25) is 0 Å². The summed E-state index contributed by atoms with van der Waals surface area (Å²) in [6.07, 6.45) is 2.87. The SMILES string of the molecule is Cc1cccc(Nc2ncc(C(=O)Nc3ccc(F)cc3)cn2)c1. The fraction of sp³-hybridized carbons (Fsp3) is 0.0556. The van der Waals surface area contributed by atoms with Crippen LogP contribution in [0.4, 0.5) is 21.7 Å². The van der Waals surface area contributed by atoms with Crippen molar-refractivity contribution in [1.29, 1.82) is 0 Å². The van der Waals surface area contributed by atoms with Crippen molar-refractivity contribution in [2.75, 3.05) is 10.6 Å². The van der Waals surface area contributed by atoms with E-state index in [9.17, 15) is 9.18 Å². The minimum Gasteiger partial charge on any atom is -0.324 e. The van der Waals surface area contributed by atoms with Gasteiger partial charge >= 0.3 is 0 Å². The van der Waals surface area contributed by atoms with Crippen molar-refractivity contribution in [1.82, 2.24) is 9.97 Å². The fourth-order valence-electron chi connectivity index (χ4n) is 2.10. The van der Waals surface area contributed by atoms with Crippen molar-refractivity contribution >= 4 is 23.2 Å². The summed E-state index contributed by atoms with van der Waals surface area (Å²) in [6.45, 7) is 1.99. The maximum absolute atomic E-state index is 12.9. The largest absolute Gasteiger partial charge is 0.324 e. The van der Waals surface area contributed by atoms with Crippen LogP contribution in [-0.2, 0) is 0 Å². The highest BCUT2D eigenvalue weighted by atomic mass is 19.1. The Morgan fingerprint density at radius 3 is 2.38 bits per heavy atom. The van der Waals surface area contributed by atoms with Crippen molar-refractivity contribution in [2.45, 2.75) is 6.92 Å². The number of anilines is 3. The number of aryl methyl sites for hydroxylation is 1. The fourth-order valence-corrected chi connectivity index (χ4v) is 2.10. The summed E-state index contributed by atoms with van der Waals surface area (Å²) in [5, 5.41) is 5.73. The zero-order chi connectivity index (χ0) is 16.9. The number of carbonyl (C=O) groups excluding carboxylic acids is 1. The van der Waals surface area contributed by atoms with E-state index in [1.165, 1.54) is 36.7 Å². The molecule has 0 saturated heterocycles. The molecule has 0 spiro atoms. The Bertz CT molecular complexity index is 848. The lowest BCUT2D eigenvalue weighted by Gasteiger charge is -2.07. The molecule has 3 rings (SSSR count). The minimum absolute atomic E-state index is 0.314. The van der Waals surface area contributed by atoms with Crippen LogP contribution in [0.15, 0.2) is 60.9 Å². The van der Waals surface area contributed by atoms with Gasteiger partial charge in [-0.3, -0.25) is 4.79 Å². The van der Waals surface area contributed by atoms with E-state index in [-0.39, 0.29) is 11.7 Å². The third-order valence-corrected chi connectivity index (χ3v) is 3.29. The van der Waals surface area contributed by atoms with E-state index in [1.54, 1.807) is 0 Å². The molecule has 2 N–H and O–H groups in total. The Hall–Kier alpha value is -3.28. The van der Waals surface area contributed by atoms with E-state index >= 15 is 0 Å². The topological polar surface area (TPSA) is 66.9 Å². The van der Waals surface area contributed by atoms with Gasteiger partial charge in [-0.15, -0.1) is 0 Å². The monoisotopic (exact) mass is 322 g/mol. The zero-order valence-electron chi connectivity index (χ0n) is 13.0. The van der Waals surface area contributed by atoms with Gasteiger partial charge in [0.15, 0.2) is 0 Å². The third-order valence-electron chi connectivity index (χ3n) is 3.29. The molecule has 0 fully saturated rings. The first-order valence-corrected chi connectivity index (χ1v) is 7.33. The molecule has 24 heavy (non-hydrogen) atoms. The molecule has 0 bridgehead atoms. The highest BCUT2D eigenvalue weighted by molar-refractivity contribution is 6.03. The van der Waals surface area contributed by atoms with Crippen LogP contribution in [0, 0.1) is 12.7 Å². The molecular formula is C18H15FN4O. The number of halogens is 1. The Morgan fingerprint density at radius 1 is 1.00 bits per heavy atom. The normalized spacial score (nSPS) is 10.2. The predicted octanol–water partition coefficient (Wildman–Crippen LogP) is 3.92. The minimum atomic E-state index is -0.358. The van der Waals surface area contributed by atoms with Gasteiger partial charge in [-0.2, -0.15) is 0 Å². The average Bonchev–Trinajstić information content (AvgIpc) is 2.57. The van der Waals surface area contributed by atoms with Gasteiger partial charge < -0.3 is 10.6 Å². The van der Waals surface area contributed by atoms with Crippen molar-refractivity contribution in [3.8, 4) is 0 Å². The highest BCUT2D eigenvalue weighted by Gasteiger charge is 2.08. The number of nitrogens with zero attached hydrogens (tertiary/aromatic N) is 2. The summed E-state index contributed by atoms with van der Waals surface area (Å²) in [5.41, 5.74) is 2.81. The van der Waals surface area contributed by atoms with Crippen molar-refractivity contribution < 1.29 is 9.18 Å². The van der Waals surface area contributed by atoms with E-state index in [2.05, 4.69) is 20.6 Å². The van der Waals surface area contributed by atoms with Crippen LogP contribution >= 0.6 is 0 Å². The molecule has 0 aliphatic rings. The molecule has 6 heteroatoms. The average molecular weight is 322 g/mol. The summed E-state index contributed by atoms with van der Waals surface area (Å²) < 4.78 is 12.9. The Kier molecular flexibility index (Phi) is 4.47. The second kappa shape index (κ2) is 6.87. The molecule has 2 aromatic carbocycles. The molecule has 0 unspecified atom stereocenters. The Labute approximate surface area is 138 Å². The number of carbonyl (C=O) groups is 1. The second-order valence-corrected chi connectivity index (χ2v) is 5.25. The summed E-state index contributed by atoms with van der Waals surface area (Å²) in [6, 6.07) is 13.3. The van der Waals surface area contributed by atoms with Gasteiger partial charge in [0, 0.05) is 23.8 Å². The predicted molar refractivity (Wildman–Crippen MR) is 90.8 cm³/mol. The lowest BCUT2D eigenvalue weighted by atomic mass is 10.2. The van der Waals surface area contributed by atoms with E-state index < -0.39 is 0 Å². The quantitative estimate of drug-likeness (QED) is 0.764. The molecule has 0 aliphatic carbocycles. The third kappa shape index (κ3) is 3.92. The Balaban J connectivity index is 1.67. The molecule has 1 amide bonds. The van der Waals surface area contributed by atoms with Crippen LogP contribution in [0.5, 0.6) is 0 Å². The van der Waals surface area contributed by atoms with Gasteiger partial charge in [0.25, 0.3) is 5.91 Å². The number of nitrogens with one attached hydrogen (secondary N) is 2. The first kappa shape index (κ1) is 15.6. The van der Waals surface area contributed by atoms with Gasteiger partial charge in [-0.05, 0) is 48.9 Å². The van der Waals surface area contributed by atoms with Gasteiger partial charge in [-0.1, -0.05) is 12.1 Å². The van der Waals surface area contributed by atoms with Gasteiger partial charge in [0.2, 0.25) is 5.95 Å².